The van der Waals surface area contributed by atoms with E-state index in [1.165, 1.54) is 25.9 Å². The van der Waals surface area contributed by atoms with Gasteiger partial charge in [0.15, 0.2) is 5.76 Å². The van der Waals surface area contributed by atoms with E-state index in [1.54, 1.807) is 24.3 Å². The monoisotopic (exact) mass is 371 g/mol. The van der Waals surface area contributed by atoms with Crippen LogP contribution in [-0.2, 0) is 6.54 Å². The molecule has 2 aromatic heterocycles. The lowest BCUT2D eigenvalue weighted by Crippen LogP contribution is -2.39. The van der Waals surface area contributed by atoms with Crippen molar-refractivity contribution in [3.8, 4) is 11.3 Å². The fourth-order valence-electron chi connectivity index (χ4n) is 3.47. The lowest BCUT2D eigenvalue weighted by molar-refractivity contribution is 0.179. The molecule has 3 heterocycles. The summed E-state index contributed by atoms with van der Waals surface area (Å²) in [6.45, 7) is 6.79. The second-order valence-electron chi connectivity index (χ2n) is 7.40. The summed E-state index contributed by atoms with van der Waals surface area (Å²) >= 11 is 0. The molecule has 1 N–H and O–H groups in total. The highest BCUT2D eigenvalue weighted by Gasteiger charge is 2.16. The second kappa shape index (κ2) is 9.50. The number of carbonyl (C=O) groups is 1. The number of piperidine rings is 1. The molecule has 1 atom stereocenters. The maximum Gasteiger partial charge on any atom is 0.317 e. The Kier molecular flexibility index (Phi) is 6.81. The number of carbonyl (C=O) groups excluding carboxylic acids is 1. The SMILES string of the molecule is C[C@H]1CCCN(CCCNC(=O)N(C)Cc2cc(-c3ccncc3)no2)C1. The van der Waals surface area contributed by atoms with Crippen molar-refractivity contribution in [2.24, 2.45) is 5.92 Å². The summed E-state index contributed by atoms with van der Waals surface area (Å²) in [6, 6.07) is 5.52. The van der Waals surface area contributed by atoms with E-state index in [0.29, 0.717) is 18.8 Å². The van der Waals surface area contributed by atoms with Crippen molar-refractivity contribution in [2.75, 3.05) is 33.2 Å². The molecule has 3 rings (SSSR count). The van der Waals surface area contributed by atoms with Crippen molar-refractivity contribution < 1.29 is 9.32 Å². The van der Waals surface area contributed by atoms with Crippen molar-refractivity contribution in [1.82, 2.24) is 25.3 Å². The summed E-state index contributed by atoms with van der Waals surface area (Å²) in [4.78, 5) is 20.4. The van der Waals surface area contributed by atoms with Crippen LogP contribution in [0.3, 0.4) is 0 Å². The van der Waals surface area contributed by atoms with E-state index in [9.17, 15) is 4.79 Å². The molecule has 7 nitrogen and oxygen atoms in total. The Morgan fingerprint density at radius 1 is 1.41 bits per heavy atom. The predicted octanol–water partition coefficient (Wildman–Crippen LogP) is 3.00. The zero-order valence-electron chi connectivity index (χ0n) is 16.2. The first-order valence-corrected chi connectivity index (χ1v) is 9.69. The molecule has 0 bridgehead atoms. The van der Waals surface area contributed by atoms with Crippen molar-refractivity contribution in [3.05, 3.63) is 36.4 Å². The van der Waals surface area contributed by atoms with Crippen molar-refractivity contribution in [2.45, 2.75) is 32.7 Å². The van der Waals surface area contributed by atoms with Crippen LogP contribution in [-0.4, -0.2) is 59.2 Å². The summed E-state index contributed by atoms with van der Waals surface area (Å²) in [7, 11) is 1.76. The molecular weight excluding hydrogens is 342 g/mol. The Labute approximate surface area is 160 Å². The Balaban J connectivity index is 1.38. The lowest BCUT2D eigenvalue weighted by Gasteiger charge is -2.30. The molecule has 1 fully saturated rings. The Hall–Kier alpha value is -2.41. The molecule has 146 valence electrons. The highest BCUT2D eigenvalue weighted by molar-refractivity contribution is 5.73. The van der Waals surface area contributed by atoms with Gasteiger partial charge in [-0.15, -0.1) is 0 Å². The molecule has 7 heteroatoms. The molecule has 0 radical (unpaired) electrons. The van der Waals surface area contributed by atoms with Crippen LogP contribution < -0.4 is 5.32 Å². The number of aromatic nitrogens is 2. The van der Waals surface area contributed by atoms with E-state index in [4.69, 9.17) is 4.52 Å². The van der Waals surface area contributed by atoms with Crippen LogP contribution in [0.1, 0.15) is 31.9 Å². The van der Waals surface area contributed by atoms with Gasteiger partial charge >= 0.3 is 6.03 Å². The molecular formula is C20H29N5O2. The van der Waals surface area contributed by atoms with Crippen molar-refractivity contribution in [3.63, 3.8) is 0 Å². The minimum Gasteiger partial charge on any atom is -0.359 e. The van der Waals surface area contributed by atoms with E-state index in [0.717, 1.165) is 30.1 Å². The van der Waals surface area contributed by atoms with Crippen LogP contribution in [0.4, 0.5) is 4.79 Å². The third-order valence-corrected chi connectivity index (χ3v) is 4.94. The molecule has 0 saturated carbocycles. The molecule has 0 aliphatic carbocycles. The molecule has 0 spiro atoms. The average molecular weight is 371 g/mol. The van der Waals surface area contributed by atoms with Gasteiger partial charge in [-0.25, -0.2) is 4.79 Å². The fraction of sp³-hybridized carbons (Fsp3) is 0.550. The Morgan fingerprint density at radius 2 is 2.22 bits per heavy atom. The van der Waals surface area contributed by atoms with Crippen LogP contribution in [0.5, 0.6) is 0 Å². The van der Waals surface area contributed by atoms with Crippen LogP contribution >= 0.6 is 0 Å². The number of rotatable bonds is 7. The van der Waals surface area contributed by atoms with Crippen molar-refractivity contribution in [1.29, 1.82) is 0 Å². The third-order valence-electron chi connectivity index (χ3n) is 4.94. The molecule has 2 aromatic rings. The summed E-state index contributed by atoms with van der Waals surface area (Å²) in [6.07, 6.45) is 7.03. The van der Waals surface area contributed by atoms with Gasteiger partial charge in [-0.3, -0.25) is 4.98 Å². The topological polar surface area (TPSA) is 74.5 Å². The largest absolute Gasteiger partial charge is 0.359 e. The Bertz CT molecular complexity index is 718. The zero-order valence-corrected chi connectivity index (χ0v) is 16.2. The first-order chi connectivity index (χ1) is 13.1. The summed E-state index contributed by atoms with van der Waals surface area (Å²) in [5, 5.41) is 7.05. The number of urea groups is 1. The number of nitrogens with zero attached hydrogens (tertiary/aromatic N) is 4. The average Bonchev–Trinajstić information content (AvgIpc) is 3.14. The lowest BCUT2D eigenvalue weighted by atomic mass is 10.0. The zero-order chi connectivity index (χ0) is 19.1. The van der Waals surface area contributed by atoms with E-state index < -0.39 is 0 Å². The quantitative estimate of drug-likeness (QED) is 0.758. The molecule has 0 unspecified atom stereocenters. The number of likely N-dealkylation sites (tertiary alicyclic amines) is 1. The molecule has 1 aliphatic rings. The van der Waals surface area contributed by atoms with Crippen LogP contribution in [0.25, 0.3) is 11.3 Å². The first kappa shape index (κ1) is 19.4. The van der Waals surface area contributed by atoms with Gasteiger partial charge in [0.25, 0.3) is 0 Å². The summed E-state index contributed by atoms with van der Waals surface area (Å²) in [5.41, 5.74) is 1.69. The van der Waals surface area contributed by atoms with Crippen LogP contribution in [0.2, 0.25) is 0 Å². The molecule has 27 heavy (non-hydrogen) atoms. The van der Waals surface area contributed by atoms with Crippen molar-refractivity contribution >= 4 is 6.03 Å². The summed E-state index contributed by atoms with van der Waals surface area (Å²) in [5.74, 6) is 1.44. The van der Waals surface area contributed by atoms with Gasteiger partial charge in [-0.1, -0.05) is 12.1 Å². The number of amides is 2. The van der Waals surface area contributed by atoms with Gasteiger partial charge in [-0.2, -0.15) is 0 Å². The third kappa shape index (κ3) is 5.79. The molecule has 1 saturated heterocycles. The predicted molar refractivity (Wildman–Crippen MR) is 104 cm³/mol. The number of hydrogen-bond donors (Lipinski definition) is 1. The summed E-state index contributed by atoms with van der Waals surface area (Å²) < 4.78 is 5.36. The van der Waals surface area contributed by atoms with Gasteiger partial charge in [0, 0.05) is 44.2 Å². The smallest absolute Gasteiger partial charge is 0.317 e. The van der Waals surface area contributed by atoms with Crippen LogP contribution in [0, 0.1) is 5.92 Å². The second-order valence-corrected chi connectivity index (χ2v) is 7.40. The fourth-order valence-corrected chi connectivity index (χ4v) is 3.47. The van der Waals surface area contributed by atoms with Gasteiger partial charge in [0.1, 0.15) is 5.69 Å². The highest BCUT2D eigenvalue weighted by Crippen LogP contribution is 2.18. The maximum absolute atomic E-state index is 12.3. The minimum absolute atomic E-state index is 0.0936. The highest BCUT2D eigenvalue weighted by atomic mass is 16.5. The van der Waals surface area contributed by atoms with E-state index >= 15 is 0 Å². The first-order valence-electron chi connectivity index (χ1n) is 9.69. The van der Waals surface area contributed by atoms with Gasteiger partial charge < -0.3 is 19.6 Å². The van der Waals surface area contributed by atoms with E-state index in [2.05, 4.69) is 27.3 Å². The Morgan fingerprint density at radius 3 is 3.00 bits per heavy atom. The van der Waals surface area contributed by atoms with Gasteiger partial charge in [-0.05, 0) is 50.4 Å². The van der Waals surface area contributed by atoms with Crippen LogP contribution in [0.15, 0.2) is 35.1 Å². The number of pyridine rings is 1. The number of nitrogens with one attached hydrogen (secondary N) is 1. The van der Waals surface area contributed by atoms with Gasteiger partial charge in [0.05, 0.1) is 6.54 Å². The minimum atomic E-state index is -0.0936. The normalized spacial score (nSPS) is 17.6. The molecule has 2 amide bonds. The van der Waals surface area contributed by atoms with E-state index in [-0.39, 0.29) is 6.03 Å². The molecule has 0 aromatic carbocycles. The standard InChI is InChI=1S/C20H29N5O2/c1-16-5-3-11-25(14-16)12-4-8-22-20(26)24(2)15-18-13-19(23-27-18)17-6-9-21-10-7-17/h6-7,9-10,13,16H,3-5,8,11-12,14-15H2,1-2H3,(H,22,26)/t16-/m0/s1. The van der Waals surface area contributed by atoms with Gasteiger partial charge in [0.2, 0.25) is 0 Å². The van der Waals surface area contributed by atoms with E-state index in [1.807, 2.05) is 18.2 Å². The number of hydrogen-bond acceptors (Lipinski definition) is 5. The maximum atomic E-state index is 12.3. The molecule has 1 aliphatic heterocycles.